The first-order valence-corrected chi connectivity index (χ1v) is 12.4. The zero-order chi connectivity index (χ0) is 26.3. The molecule has 8 heteroatoms. The summed E-state index contributed by atoms with van der Waals surface area (Å²) in [6.45, 7) is 11.4. The Balaban J connectivity index is 2.34. The highest BCUT2D eigenvalue weighted by atomic mass is 35.5. The van der Waals surface area contributed by atoms with E-state index in [4.69, 9.17) is 33.7 Å². The molecule has 0 aromatic heterocycles. The van der Waals surface area contributed by atoms with E-state index >= 15 is 4.39 Å². The Labute approximate surface area is 216 Å². The number of hydrogen-bond donors (Lipinski definition) is 2. The molecule has 1 aliphatic rings. The third-order valence-electron chi connectivity index (χ3n) is 6.43. The minimum Gasteiger partial charge on any atom is -0.459 e. The molecule has 0 amide bonds. The molecule has 0 aliphatic carbocycles. The molecular formula is C27H34Cl2F2N2O2. The van der Waals surface area contributed by atoms with Gasteiger partial charge >= 0.3 is 5.97 Å². The lowest BCUT2D eigenvalue weighted by Crippen LogP contribution is -2.50. The van der Waals surface area contributed by atoms with Crippen molar-refractivity contribution >= 4 is 29.2 Å². The van der Waals surface area contributed by atoms with Crippen LogP contribution in [-0.2, 0) is 14.9 Å². The lowest BCUT2D eigenvalue weighted by Gasteiger charge is -2.42. The van der Waals surface area contributed by atoms with E-state index in [-0.39, 0.29) is 22.5 Å². The van der Waals surface area contributed by atoms with Crippen molar-refractivity contribution in [3.8, 4) is 0 Å². The molecule has 4 nitrogen and oxygen atoms in total. The average molecular weight is 527 g/mol. The fourth-order valence-corrected chi connectivity index (χ4v) is 5.55. The van der Waals surface area contributed by atoms with Crippen LogP contribution >= 0.6 is 23.2 Å². The third kappa shape index (κ3) is 5.82. The van der Waals surface area contributed by atoms with E-state index < -0.39 is 46.6 Å². The highest BCUT2D eigenvalue weighted by molar-refractivity contribution is 6.31. The van der Waals surface area contributed by atoms with E-state index in [1.165, 1.54) is 0 Å². The van der Waals surface area contributed by atoms with Gasteiger partial charge in [-0.2, -0.15) is 0 Å². The molecule has 3 N–H and O–H groups in total. The van der Waals surface area contributed by atoms with E-state index in [1.807, 2.05) is 26.8 Å². The minimum atomic E-state index is -1.20. The summed E-state index contributed by atoms with van der Waals surface area (Å²) in [6.07, 6.45) is 0.532. The van der Waals surface area contributed by atoms with Gasteiger partial charge in [0.2, 0.25) is 0 Å². The quantitative estimate of drug-likeness (QED) is 0.350. The van der Waals surface area contributed by atoms with Crippen molar-refractivity contribution in [1.29, 1.82) is 0 Å². The molecule has 35 heavy (non-hydrogen) atoms. The standard InChI is InChI=1S/C27H34Cl2F2N2O2/c1-25(2,3)13-21-27(14-32,17-11-20(31)18(29)12-19(17)30)22(15-8-7-9-16(28)10-15)23(33-21)24(34)35-26(4,5)6/h7-12,21-23,33H,13-14,32H2,1-6H3/t21-,22-,23+,27-/m0/s1. The monoisotopic (exact) mass is 526 g/mol. The van der Waals surface area contributed by atoms with Crippen LogP contribution in [0.25, 0.3) is 0 Å². The van der Waals surface area contributed by atoms with Gasteiger partial charge in [-0.1, -0.05) is 56.1 Å². The van der Waals surface area contributed by atoms with Crippen molar-refractivity contribution < 1.29 is 18.3 Å². The van der Waals surface area contributed by atoms with E-state index in [1.54, 1.807) is 39.0 Å². The Kier molecular flexibility index (Phi) is 7.93. The first kappa shape index (κ1) is 27.9. The molecule has 3 rings (SSSR count). The molecule has 2 aromatic rings. The van der Waals surface area contributed by atoms with Crippen molar-refractivity contribution in [1.82, 2.24) is 5.32 Å². The van der Waals surface area contributed by atoms with Crippen LogP contribution in [0.4, 0.5) is 8.78 Å². The molecule has 192 valence electrons. The number of ether oxygens (including phenoxy) is 1. The number of halogens is 4. The Hall–Kier alpha value is -1.73. The molecule has 1 fully saturated rings. The number of carbonyl (C=O) groups excluding carboxylic acids is 1. The van der Waals surface area contributed by atoms with Crippen molar-refractivity contribution in [2.24, 2.45) is 11.1 Å². The second-order valence-electron chi connectivity index (χ2n) is 11.5. The second kappa shape index (κ2) is 9.97. The molecule has 0 bridgehead atoms. The predicted octanol–water partition coefficient (Wildman–Crippen LogP) is 6.37. The summed E-state index contributed by atoms with van der Waals surface area (Å²) in [5.41, 5.74) is 5.06. The molecule has 1 heterocycles. The Morgan fingerprint density at radius 2 is 1.74 bits per heavy atom. The lowest BCUT2D eigenvalue weighted by molar-refractivity contribution is -0.157. The largest absolute Gasteiger partial charge is 0.459 e. The summed E-state index contributed by atoms with van der Waals surface area (Å²) >= 11 is 12.2. The van der Waals surface area contributed by atoms with Crippen molar-refractivity contribution in [3.63, 3.8) is 0 Å². The van der Waals surface area contributed by atoms with Gasteiger partial charge in [0.15, 0.2) is 0 Å². The Morgan fingerprint density at radius 3 is 2.29 bits per heavy atom. The van der Waals surface area contributed by atoms with Gasteiger partial charge in [0.1, 0.15) is 23.3 Å². The van der Waals surface area contributed by atoms with Crippen LogP contribution in [0.3, 0.4) is 0 Å². The molecule has 2 aromatic carbocycles. The zero-order valence-electron chi connectivity index (χ0n) is 21.0. The number of carbonyl (C=O) groups is 1. The van der Waals surface area contributed by atoms with E-state index in [2.05, 4.69) is 5.32 Å². The number of rotatable bonds is 5. The van der Waals surface area contributed by atoms with Crippen LogP contribution in [0.1, 0.15) is 65.0 Å². The van der Waals surface area contributed by atoms with Crippen LogP contribution < -0.4 is 11.1 Å². The van der Waals surface area contributed by atoms with Crippen molar-refractivity contribution in [2.75, 3.05) is 6.54 Å². The molecule has 0 radical (unpaired) electrons. The molecule has 0 spiro atoms. The minimum absolute atomic E-state index is 0.0603. The predicted molar refractivity (Wildman–Crippen MR) is 137 cm³/mol. The number of nitrogens with one attached hydrogen (secondary N) is 1. The summed E-state index contributed by atoms with van der Waals surface area (Å²) in [5, 5.41) is 3.56. The summed E-state index contributed by atoms with van der Waals surface area (Å²) in [7, 11) is 0. The smallest absolute Gasteiger partial charge is 0.324 e. The van der Waals surface area contributed by atoms with Crippen LogP contribution in [-0.4, -0.2) is 30.2 Å². The van der Waals surface area contributed by atoms with Crippen molar-refractivity contribution in [2.45, 2.75) is 77.0 Å². The van der Waals surface area contributed by atoms with Crippen LogP contribution in [0, 0.1) is 17.0 Å². The van der Waals surface area contributed by atoms with Crippen molar-refractivity contribution in [3.05, 3.63) is 69.2 Å². The highest BCUT2D eigenvalue weighted by Crippen LogP contribution is 2.52. The van der Waals surface area contributed by atoms with Crippen LogP contribution in [0.5, 0.6) is 0 Å². The first-order valence-electron chi connectivity index (χ1n) is 11.7. The molecule has 0 saturated carbocycles. The van der Waals surface area contributed by atoms with Gasteiger partial charge in [0.05, 0.1) is 5.02 Å². The fourth-order valence-electron chi connectivity index (χ4n) is 5.20. The molecular weight excluding hydrogens is 493 g/mol. The average Bonchev–Trinajstić information content (AvgIpc) is 3.02. The summed E-state index contributed by atoms with van der Waals surface area (Å²) in [6, 6.07) is 7.76. The SMILES string of the molecule is CC(C)(C)C[C@@H]1N[C@@H](C(=O)OC(C)(C)C)[C@H](c2cccc(Cl)c2)[C@@]1(CN)c1cc(F)c(Cl)cc1F. The van der Waals surface area contributed by atoms with Gasteiger partial charge in [-0.05, 0) is 62.4 Å². The van der Waals surface area contributed by atoms with E-state index in [9.17, 15) is 9.18 Å². The summed E-state index contributed by atoms with van der Waals surface area (Å²) in [4.78, 5) is 13.5. The van der Waals surface area contributed by atoms with Gasteiger partial charge in [0, 0.05) is 34.5 Å². The van der Waals surface area contributed by atoms with Gasteiger partial charge < -0.3 is 15.8 Å². The Morgan fingerprint density at radius 1 is 1.09 bits per heavy atom. The maximum Gasteiger partial charge on any atom is 0.324 e. The Bertz CT molecular complexity index is 1100. The summed E-state index contributed by atoms with van der Waals surface area (Å²) in [5.74, 6) is -2.62. The number of nitrogens with two attached hydrogens (primary N) is 1. The van der Waals surface area contributed by atoms with Gasteiger partial charge in [-0.3, -0.25) is 4.79 Å². The number of benzene rings is 2. The van der Waals surface area contributed by atoms with Gasteiger partial charge in [0.25, 0.3) is 0 Å². The fraction of sp³-hybridized carbons (Fsp3) is 0.519. The highest BCUT2D eigenvalue weighted by Gasteiger charge is 2.59. The zero-order valence-corrected chi connectivity index (χ0v) is 22.5. The van der Waals surface area contributed by atoms with Crippen LogP contribution in [0.2, 0.25) is 10.0 Å². The van der Waals surface area contributed by atoms with E-state index in [0.717, 1.165) is 12.1 Å². The number of esters is 1. The lowest BCUT2D eigenvalue weighted by atomic mass is 9.62. The topological polar surface area (TPSA) is 64.3 Å². The van der Waals surface area contributed by atoms with Gasteiger partial charge in [-0.25, -0.2) is 8.78 Å². The van der Waals surface area contributed by atoms with Crippen LogP contribution in [0.15, 0.2) is 36.4 Å². The normalized spacial score (nSPS) is 25.1. The third-order valence-corrected chi connectivity index (χ3v) is 6.95. The molecule has 4 atom stereocenters. The maximum absolute atomic E-state index is 15.6. The first-order chi connectivity index (χ1) is 16.1. The molecule has 1 saturated heterocycles. The maximum atomic E-state index is 15.6. The second-order valence-corrected chi connectivity index (χ2v) is 12.4. The molecule has 0 unspecified atom stereocenters. The van der Waals surface area contributed by atoms with E-state index in [0.29, 0.717) is 17.0 Å². The number of hydrogen-bond acceptors (Lipinski definition) is 4. The van der Waals surface area contributed by atoms with Gasteiger partial charge in [-0.15, -0.1) is 0 Å². The summed E-state index contributed by atoms with van der Waals surface area (Å²) < 4.78 is 36.2. The molecule has 1 aliphatic heterocycles.